The molecule has 0 saturated carbocycles. The van der Waals surface area contributed by atoms with Gasteiger partial charge in [-0.1, -0.05) is 12.1 Å². The number of hydrogen-bond donors (Lipinski definition) is 0. The summed E-state index contributed by atoms with van der Waals surface area (Å²) in [6, 6.07) is 12.5. The lowest BCUT2D eigenvalue weighted by atomic mass is 10.1. The number of halogens is 1. The Balaban J connectivity index is 1.46. The van der Waals surface area contributed by atoms with Crippen molar-refractivity contribution in [1.29, 1.82) is 0 Å². The fraction of sp³-hybridized carbons (Fsp3) is 0.263. The molecule has 5 nitrogen and oxygen atoms in total. The van der Waals surface area contributed by atoms with E-state index in [4.69, 9.17) is 9.47 Å². The van der Waals surface area contributed by atoms with Crippen LogP contribution in [0.3, 0.4) is 0 Å². The highest BCUT2D eigenvalue weighted by atomic mass is 79.9. The van der Waals surface area contributed by atoms with Gasteiger partial charge < -0.3 is 9.47 Å². The van der Waals surface area contributed by atoms with Crippen molar-refractivity contribution in [2.75, 3.05) is 20.3 Å². The molecule has 2 aromatic rings. The van der Waals surface area contributed by atoms with Crippen LogP contribution < -0.4 is 9.47 Å². The van der Waals surface area contributed by atoms with Gasteiger partial charge in [0.05, 0.1) is 29.3 Å². The first kappa shape index (κ1) is 17.5. The Hall–Kier alpha value is -2.34. The molecule has 0 radical (unpaired) electrons. The number of ether oxygens (including phenoxy) is 2. The molecule has 25 heavy (non-hydrogen) atoms. The van der Waals surface area contributed by atoms with Gasteiger partial charge in [0.15, 0.2) is 0 Å². The van der Waals surface area contributed by atoms with Crippen molar-refractivity contribution in [3.8, 4) is 11.5 Å². The second-order valence-electron chi connectivity index (χ2n) is 5.66. The lowest BCUT2D eigenvalue weighted by molar-refractivity contribution is 0.0649. The van der Waals surface area contributed by atoms with Crippen LogP contribution in [0.5, 0.6) is 11.5 Å². The number of hydrogen-bond acceptors (Lipinski definition) is 4. The molecule has 0 N–H and O–H groups in total. The molecule has 0 bridgehead atoms. The number of imide groups is 1. The van der Waals surface area contributed by atoms with E-state index in [1.165, 1.54) is 4.90 Å². The van der Waals surface area contributed by atoms with Crippen molar-refractivity contribution in [2.24, 2.45) is 0 Å². The summed E-state index contributed by atoms with van der Waals surface area (Å²) in [5.74, 6) is 1.08. The van der Waals surface area contributed by atoms with E-state index in [0.29, 0.717) is 30.7 Å². The van der Waals surface area contributed by atoms with Gasteiger partial charge in [0.25, 0.3) is 11.8 Å². The summed E-state index contributed by atoms with van der Waals surface area (Å²) in [6.45, 7) is 0.921. The average molecular weight is 404 g/mol. The minimum atomic E-state index is -0.208. The van der Waals surface area contributed by atoms with Crippen molar-refractivity contribution < 1.29 is 19.1 Å². The molecule has 1 aliphatic heterocycles. The Morgan fingerprint density at radius 3 is 2.28 bits per heavy atom. The molecule has 0 aromatic heterocycles. The maximum Gasteiger partial charge on any atom is 0.261 e. The van der Waals surface area contributed by atoms with Crippen molar-refractivity contribution in [1.82, 2.24) is 4.90 Å². The van der Waals surface area contributed by atoms with Gasteiger partial charge in [-0.15, -0.1) is 0 Å². The predicted octanol–water partition coefficient (Wildman–Crippen LogP) is 3.91. The molecule has 2 aromatic carbocycles. The van der Waals surface area contributed by atoms with E-state index in [-0.39, 0.29) is 11.8 Å². The highest BCUT2D eigenvalue weighted by molar-refractivity contribution is 9.10. The summed E-state index contributed by atoms with van der Waals surface area (Å²) in [5, 5.41) is 0. The van der Waals surface area contributed by atoms with Gasteiger partial charge in [0.2, 0.25) is 0 Å². The third kappa shape index (κ3) is 3.69. The predicted molar refractivity (Wildman–Crippen MR) is 97.2 cm³/mol. The molecular formula is C19H18BrNO4. The molecule has 130 valence electrons. The van der Waals surface area contributed by atoms with E-state index < -0.39 is 0 Å². The summed E-state index contributed by atoms with van der Waals surface area (Å²) in [7, 11) is 1.61. The van der Waals surface area contributed by atoms with E-state index in [1.807, 2.05) is 18.2 Å². The Morgan fingerprint density at radius 1 is 1.00 bits per heavy atom. The minimum Gasteiger partial charge on any atom is -0.496 e. The summed E-state index contributed by atoms with van der Waals surface area (Å²) in [5.41, 5.74) is 0.985. The molecule has 0 atom stereocenters. The maximum absolute atomic E-state index is 12.2. The molecule has 0 saturated heterocycles. The molecule has 1 aliphatic rings. The third-order valence-electron chi connectivity index (χ3n) is 4.05. The van der Waals surface area contributed by atoms with E-state index >= 15 is 0 Å². The largest absolute Gasteiger partial charge is 0.496 e. The zero-order valence-corrected chi connectivity index (χ0v) is 15.4. The molecular weight excluding hydrogens is 386 g/mol. The molecule has 0 fully saturated rings. The Morgan fingerprint density at radius 2 is 1.68 bits per heavy atom. The molecule has 0 aliphatic carbocycles. The number of fused-ring (bicyclic) bond motifs is 1. The lowest BCUT2D eigenvalue weighted by Crippen LogP contribution is -2.30. The summed E-state index contributed by atoms with van der Waals surface area (Å²) in [4.78, 5) is 25.8. The number of carbonyl (C=O) groups excluding carboxylic acids is 2. The molecule has 0 unspecified atom stereocenters. The molecule has 2 amide bonds. The Kier molecular flexibility index (Phi) is 5.38. The lowest BCUT2D eigenvalue weighted by Gasteiger charge is -2.14. The topological polar surface area (TPSA) is 55.8 Å². The number of unbranched alkanes of at least 4 members (excludes halogenated alkanes) is 1. The summed E-state index contributed by atoms with van der Waals surface area (Å²) >= 11 is 3.42. The fourth-order valence-electron chi connectivity index (χ4n) is 2.74. The standard InChI is InChI=1S/C19H18BrNO4/c1-24-17-9-8-13(12-16(17)20)25-11-5-4-10-21-18(22)14-6-2-3-7-15(14)19(21)23/h2-3,6-9,12H,4-5,10-11H2,1H3. The van der Waals surface area contributed by atoms with Gasteiger partial charge >= 0.3 is 0 Å². The average Bonchev–Trinajstić information content (AvgIpc) is 2.86. The summed E-state index contributed by atoms with van der Waals surface area (Å²) < 4.78 is 11.7. The second-order valence-corrected chi connectivity index (χ2v) is 6.51. The number of nitrogens with zero attached hydrogens (tertiary/aromatic N) is 1. The van der Waals surface area contributed by atoms with Crippen molar-refractivity contribution in [3.63, 3.8) is 0 Å². The molecule has 3 rings (SSSR count). The van der Waals surface area contributed by atoms with Crippen molar-refractivity contribution in [3.05, 3.63) is 58.1 Å². The van der Waals surface area contributed by atoms with Crippen LogP contribution in [0.2, 0.25) is 0 Å². The highest BCUT2D eigenvalue weighted by Gasteiger charge is 2.34. The Labute approximate surface area is 154 Å². The van der Waals surface area contributed by atoms with Gasteiger partial charge in [-0.3, -0.25) is 14.5 Å². The first-order valence-corrected chi connectivity index (χ1v) is 8.82. The van der Waals surface area contributed by atoms with Crippen LogP contribution in [0.1, 0.15) is 33.6 Å². The third-order valence-corrected chi connectivity index (χ3v) is 4.67. The van der Waals surface area contributed by atoms with Gasteiger partial charge in [-0.25, -0.2) is 0 Å². The number of methoxy groups -OCH3 is 1. The van der Waals surface area contributed by atoms with Crippen LogP contribution in [0, 0.1) is 0 Å². The highest BCUT2D eigenvalue weighted by Crippen LogP contribution is 2.29. The van der Waals surface area contributed by atoms with E-state index in [2.05, 4.69) is 15.9 Å². The van der Waals surface area contributed by atoms with Gasteiger partial charge in [0, 0.05) is 6.54 Å². The number of carbonyl (C=O) groups is 2. The molecule has 0 spiro atoms. The van der Waals surface area contributed by atoms with E-state index in [9.17, 15) is 9.59 Å². The van der Waals surface area contributed by atoms with Gasteiger partial charge in [-0.05, 0) is 59.1 Å². The van der Waals surface area contributed by atoms with Crippen LogP contribution >= 0.6 is 15.9 Å². The quantitative estimate of drug-likeness (QED) is 0.519. The van der Waals surface area contributed by atoms with Gasteiger partial charge in [-0.2, -0.15) is 0 Å². The van der Waals surface area contributed by atoms with Crippen LogP contribution in [0.4, 0.5) is 0 Å². The van der Waals surface area contributed by atoms with Crippen LogP contribution in [0.15, 0.2) is 46.9 Å². The fourth-order valence-corrected chi connectivity index (χ4v) is 3.26. The zero-order chi connectivity index (χ0) is 17.8. The monoisotopic (exact) mass is 403 g/mol. The minimum absolute atomic E-state index is 0.208. The zero-order valence-electron chi connectivity index (χ0n) is 13.8. The summed E-state index contributed by atoms with van der Waals surface area (Å²) in [6.07, 6.45) is 1.44. The SMILES string of the molecule is COc1ccc(OCCCCN2C(=O)c3ccccc3C2=O)cc1Br. The second kappa shape index (κ2) is 7.70. The maximum atomic E-state index is 12.2. The number of rotatable bonds is 7. The van der Waals surface area contributed by atoms with Crippen molar-refractivity contribution >= 4 is 27.7 Å². The molecule has 1 heterocycles. The number of benzene rings is 2. The van der Waals surface area contributed by atoms with Crippen LogP contribution in [0.25, 0.3) is 0 Å². The van der Waals surface area contributed by atoms with Crippen LogP contribution in [-0.2, 0) is 0 Å². The van der Waals surface area contributed by atoms with Crippen LogP contribution in [-0.4, -0.2) is 37.0 Å². The molecule has 6 heteroatoms. The van der Waals surface area contributed by atoms with E-state index in [0.717, 1.165) is 22.4 Å². The smallest absolute Gasteiger partial charge is 0.261 e. The first-order valence-electron chi connectivity index (χ1n) is 8.03. The van der Waals surface area contributed by atoms with Gasteiger partial charge in [0.1, 0.15) is 11.5 Å². The Bertz CT molecular complexity index is 771. The first-order chi connectivity index (χ1) is 12.1. The van der Waals surface area contributed by atoms with Crippen molar-refractivity contribution in [2.45, 2.75) is 12.8 Å². The normalized spacial score (nSPS) is 13.1. The number of amides is 2. The van der Waals surface area contributed by atoms with E-state index in [1.54, 1.807) is 31.4 Å².